The van der Waals surface area contributed by atoms with Gasteiger partial charge in [-0.1, -0.05) is 126 Å². The van der Waals surface area contributed by atoms with Gasteiger partial charge in [-0.05, 0) is 296 Å². The lowest BCUT2D eigenvalue weighted by atomic mass is 10.0. The van der Waals surface area contributed by atoms with E-state index in [1.54, 1.807) is 48.5 Å². The molecule has 566 valence electrons. The number of fused-ring (bicyclic) bond motifs is 5. The Bertz CT molecular complexity index is 4110. The first-order chi connectivity index (χ1) is 49.0. The van der Waals surface area contributed by atoms with E-state index in [1.165, 1.54) is 72.8 Å². The van der Waals surface area contributed by atoms with Crippen molar-refractivity contribution < 1.29 is 44.4 Å². The molecule has 6 saturated heterocycles. The second-order valence-electron chi connectivity index (χ2n) is 28.6. The molecular weight excluding hydrogens is 1320 g/mol. The first-order valence-corrected chi connectivity index (χ1v) is 36.7. The first-order valence-electron chi connectivity index (χ1n) is 36.7. The number of aromatic carboxylic acids is 1. The second kappa shape index (κ2) is 40.0. The molecule has 10 aromatic rings. The van der Waals surface area contributed by atoms with Gasteiger partial charge in [0.25, 0.3) is 23.6 Å². The molecule has 0 radical (unpaired) electrons. The molecule has 0 bridgehead atoms. The van der Waals surface area contributed by atoms with Gasteiger partial charge in [-0.2, -0.15) is 0 Å². The van der Waals surface area contributed by atoms with E-state index in [2.05, 4.69) is 115 Å². The first kappa shape index (κ1) is 85.1. The summed E-state index contributed by atoms with van der Waals surface area (Å²) in [5, 5.41) is 53.6. The summed E-state index contributed by atoms with van der Waals surface area (Å²) in [6.07, 6.45) is 14.4. The van der Waals surface area contributed by atoms with Crippen molar-refractivity contribution in [1.29, 1.82) is 0 Å². The number of phenols is 3. The van der Waals surface area contributed by atoms with Crippen LogP contribution in [0.5, 0.6) is 17.2 Å². The van der Waals surface area contributed by atoms with Crippen LogP contribution in [0.1, 0.15) is 211 Å². The summed E-state index contributed by atoms with van der Waals surface area (Å²) < 4.78 is 0. The monoisotopic (exact) mass is 1440 g/mol. The van der Waals surface area contributed by atoms with Gasteiger partial charge in [-0.15, -0.1) is 0 Å². The van der Waals surface area contributed by atoms with Gasteiger partial charge in [0.05, 0.1) is 5.56 Å². The molecule has 0 unspecified atom stereocenters. The lowest BCUT2D eigenvalue weighted by Crippen LogP contribution is -2.33. The number of amides is 4. The van der Waals surface area contributed by atoms with E-state index >= 15 is 0 Å². The maximum Gasteiger partial charge on any atom is 0.335 e. The molecule has 6 heterocycles. The van der Waals surface area contributed by atoms with Crippen LogP contribution in [-0.2, 0) is 0 Å². The third-order valence-electron chi connectivity index (χ3n) is 20.6. The molecular formula is C91H118N6O9. The van der Waals surface area contributed by atoms with Gasteiger partial charge in [-0.25, -0.2) is 4.79 Å². The van der Waals surface area contributed by atoms with Crippen molar-refractivity contribution in [3.8, 4) is 17.2 Å². The number of benzene rings is 10. The lowest BCUT2D eigenvalue weighted by Gasteiger charge is -2.21. The highest BCUT2D eigenvalue weighted by Crippen LogP contribution is 2.30. The Hall–Kier alpha value is -9.83. The Labute approximate surface area is 630 Å². The molecule has 15 nitrogen and oxygen atoms in total. The maximum absolute atomic E-state index is 12.5. The van der Waals surface area contributed by atoms with Gasteiger partial charge in [0.15, 0.2) is 0 Å². The summed E-state index contributed by atoms with van der Waals surface area (Å²) in [5.74, 6) is 0.305. The number of hydrogen-bond donors (Lipinski definition) is 6. The molecule has 16 rings (SSSR count). The Balaban J connectivity index is 0.000000198. The molecule has 0 aliphatic carbocycles. The van der Waals surface area contributed by atoms with E-state index in [9.17, 15) is 39.3 Å². The summed E-state index contributed by atoms with van der Waals surface area (Å²) in [7, 11) is 0. The van der Waals surface area contributed by atoms with E-state index in [1.807, 2.05) is 92.4 Å². The molecule has 0 saturated carbocycles. The fraction of sp³-hybridized carbons (Fsp3) is 0.396. The number of aromatic hydroxyl groups is 3. The Morgan fingerprint density at radius 1 is 0.302 bits per heavy atom. The van der Waals surface area contributed by atoms with Gasteiger partial charge in [0.2, 0.25) is 0 Å². The highest BCUT2D eigenvalue weighted by Gasteiger charge is 2.30. The number of phenolic OH excluding ortho intramolecular Hbond substituents is 3. The van der Waals surface area contributed by atoms with E-state index in [-0.39, 0.29) is 76.1 Å². The number of hydrogen-bond acceptors (Lipinski definition) is 10. The summed E-state index contributed by atoms with van der Waals surface area (Å²) >= 11 is 0. The lowest BCUT2D eigenvalue weighted by molar-refractivity contribution is 0.0692. The molecule has 6 aliphatic heterocycles. The molecule has 0 aromatic heterocycles. The summed E-state index contributed by atoms with van der Waals surface area (Å²) in [5.41, 5.74) is 5.83. The summed E-state index contributed by atoms with van der Waals surface area (Å²) in [6.45, 7) is 23.1. The van der Waals surface area contributed by atoms with Gasteiger partial charge in [0, 0.05) is 84.7 Å². The van der Waals surface area contributed by atoms with Crippen molar-refractivity contribution in [3.63, 3.8) is 0 Å². The van der Waals surface area contributed by atoms with Crippen LogP contribution in [0, 0.1) is 13.8 Å². The average Bonchev–Trinajstić information content (AvgIpc) is 1.42. The second-order valence-corrected chi connectivity index (χ2v) is 28.6. The predicted molar refractivity (Wildman–Crippen MR) is 440 cm³/mol. The van der Waals surface area contributed by atoms with Gasteiger partial charge in [0.1, 0.15) is 17.2 Å². The third kappa shape index (κ3) is 22.6. The van der Waals surface area contributed by atoms with Crippen molar-refractivity contribution in [2.24, 2.45) is 0 Å². The van der Waals surface area contributed by atoms with E-state index in [0.29, 0.717) is 24.2 Å². The molecule has 4 amide bonds. The topological polar surface area (TPSA) is 203 Å². The van der Waals surface area contributed by atoms with Gasteiger partial charge < -0.3 is 50.7 Å². The third-order valence-corrected chi connectivity index (χ3v) is 20.6. The predicted octanol–water partition coefficient (Wildman–Crippen LogP) is 20.2. The van der Waals surface area contributed by atoms with Gasteiger partial charge in [-0.3, -0.25) is 19.2 Å². The van der Waals surface area contributed by atoms with Gasteiger partial charge >= 0.3 is 5.97 Å². The molecule has 0 spiro atoms. The zero-order chi connectivity index (χ0) is 72.6. The van der Waals surface area contributed by atoms with E-state index in [0.717, 1.165) is 155 Å². The maximum atomic E-state index is 12.5. The highest BCUT2D eigenvalue weighted by molar-refractivity contribution is 6.02. The Morgan fingerprint density at radius 2 is 0.528 bits per heavy atom. The molecule has 106 heavy (non-hydrogen) atoms. The molecule has 10 aromatic carbocycles. The smallest absolute Gasteiger partial charge is 0.335 e. The molecule has 6 atom stereocenters. The van der Waals surface area contributed by atoms with Crippen LogP contribution >= 0.6 is 0 Å². The van der Waals surface area contributed by atoms with Crippen molar-refractivity contribution in [1.82, 2.24) is 30.2 Å². The van der Waals surface area contributed by atoms with Crippen LogP contribution in [0.3, 0.4) is 0 Å². The molecule has 6 fully saturated rings. The van der Waals surface area contributed by atoms with E-state index in [4.69, 9.17) is 5.11 Å². The molecule has 6 N–H and O–H groups in total. The van der Waals surface area contributed by atoms with Crippen molar-refractivity contribution in [2.75, 3.05) is 39.3 Å². The number of rotatable bonds is 5. The van der Waals surface area contributed by atoms with Crippen LogP contribution in [0.2, 0.25) is 0 Å². The van der Waals surface area contributed by atoms with Crippen molar-refractivity contribution in [3.05, 3.63) is 221 Å². The zero-order valence-electron chi connectivity index (χ0n) is 60.6. The van der Waals surface area contributed by atoms with Crippen LogP contribution < -0.4 is 10.6 Å². The summed E-state index contributed by atoms with van der Waals surface area (Å²) in [6, 6.07) is 59.0. The van der Waals surface area contributed by atoms with Crippen LogP contribution in [0.4, 0.5) is 0 Å². The minimum absolute atomic E-state index is 0. The number of carboxylic acids is 1. The SMILES string of the molecule is C.C.C.C.C[C@@H]1CCCN1.C[C@@H]1CCCN1C(=O)c1ccc2cc(O)ccc2c1.C[C@H]1CCCN1.C[C@H]1CCCN1C(=O)c1ccc2cc(O)ccc2c1.Cc1ccc2cc(C(=O)N3CCC[C@@H]3C)ccc2c1.Cc1ccc2cc(C(=O)N3CCC[C@H]3C)ccc2c1.O=C(O)c1ccc2cc(O)ccc2c1. The number of likely N-dealkylation sites (tertiary alicyclic amines) is 4. The largest absolute Gasteiger partial charge is 0.508 e. The zero-order valence-corrected chi connectivity index (χ0v) is 60.6. The highest BCUT2D eigenvalue weighted by atomic mass is 16.4. The number of carboxylic acid groups (broad SMARTS) is 1. The number of carbonyl (C=O) groups is 5. The Kier molecular flexibility index (Phi) is 32.2. The quantitative estimate of drug-likeness (QED) is 0.0957. The minimum atomic E-state index is -0.944. The van der Waals surface area contributed by atoms with E-state index < -0.39 is 5.97 Å². The fourth-order valence-corrected chi connectivity index (χ4v) is 14.4. The number of nitrogens with zero attached hydrogens (tertiary/aromatic N) is 4. The Morgan fingerprint density at radius 3 is 0.745 bits per heavy atom. The van der Waals surface area contributed by atoms with Crippen LogP contribution in [0.25, 0.3) is 53.9 Å². The normalized spacial score (nSPS) is 18.9. The summed E-state index contributed by atoms with van der Waals surface area (Å²) in [4.78, 5) is 68.4. The molecule has 6 aliphatic rings. The molecule has 15 heteroatoms. The average molecular weight is 1440 g/mol. The minimum Gasteiger partial charge on any atom is -0.508 e. The number of carbonyl (C=O) groups excluding carboxylic acids is 4. The fourth-order valence-electron chi connectivity index (χ4n) is 14.4. The van der Waals surface area contributed by atoms with Crippen LogP contribution in [0.15, 0.2) is 182 Å². The standard InChI is InChI=1S/2C17H19NO.2C16H17NO2.C11H8O3.2C5H11N.4CH4/c2*1-12-5-6-15-11-16(8-7-14(15)10-12)17(19)18-9-3-4-13(18)2;2*1-11-3-2-8-17(11)16(19)14-5-4-13-10-15(18)7-6-12(13)9-14;12-10-4-3-7-5-9(11(13)14)2-1-8(7)6-10;2*1-5-3-2-4-6-5;;;;/h2*5-8,10-11,13H,3-4,9H2,1-2H3;2*4-7,9-11,18H,2-3,8H2,1H3;1-6,12H,(H,13,14);2*5-6H,2-4H2,1H3;4*1H4/t2*13-;2*11-;;2*5-;;;;/m1010.10..../s1. The van der Waals surface area contributed by atoms with Crippen molar-refractivity contribution in [2.45, 2.75) is 198 Å². The van der Waals surface area contributed by atoms with Crippen molar-refractivity contribution >= 4 is 83.5 Å². The van der Waals surface area contributed by atoms with Crippen LogP contribution in [-0.4, -0.2) is 145 Å². The number of aryl methyl sites for hydroxylation is 2. The number of nitrogens with one attached hydrogen (secondary N) is 2.